The maximum atomic E-state index is 10.7. The minimum Gasteiger partial charge on any atom is -0.368 e. The summed E-state index contributed by atoms with van der Waals surface area (Å²) in [5.74, 6) is 0.675. The molecule has 5 aliphatic rings. The van der Waals surface area contributed by atoms with E-state index in [4.69, 9.17) is 19.3 Å². The second-order valence-corrected chi connectivity index (χ2v) is 8.56. The molecule has 1 saturated carbocycles. The monoisotopic (exact) mass is 390 g/mol. The molecule has 3 aliphatic carbocycles. The van der Waals surface area contributed by atoms with Gasteiger partial charge in [0.25, 0.3) is 0 Å². The predicted molar refractivity (Wildman–Crippen MR) is 101 cm³/mol. The van der Waals surface area contributed by atoms with Gasteiger partial charge < -0.3 is 19.3 Å². The highest BCUT2D eigenvalue weighted by atomic mass is 16.7. The predicted octanol–water partition coefficient (Wildman–Crippen LogP) is 2.83. The molecule has 2 heterocycles. The molecule has 154 valence electrons. The fourth-order valence-corrected chi connectivity index (χ4v) is 5.05. The molecule has 0 aromatic rings. The van der Waals surface area contributed by atoms with Crippen molar-refractivity contribution in [3.63, 3.8) is 0 Å². The van der Waals surface area contributed by atoms with E-state index in [9.17, 15) is 9.59 Å². The number of carbonyl (C=O) groups excluding carboxylic acids is 2. The first kappa shape index (κ1) is 20.0. The first-order valence-corrected chi connectivity index (χ1v) is 10.6. The zero-order valence-electron chi connectivity index (χ0n) is 16.2. The quantitative estimate of drug-likeness (QED) is 0.744. The molecule has 3 fully saturated rings. The summed E-state index contributed by atoms with van der Waals surface area (Å²) in [6, 6.07) is 0. The van der Waals surface area contributed by atoms with Gasteiger partial charge in [0, 0.05) is 37.5 Å². The zero-order valence-corrected chi connectivity index (χ0v) is 16.2. The third-order valence-electron chi connectivity index (χ3n) is 6.48. The van der Waals surface area contributed by atoms with Crippen molar-refractivity contribution in [2.45, 2.75) is 88.7 Å². The van der Waals surface area contributed by atoms with Crippen molar-refractivity contribution >= 4 is 12.6 Å². The molecule has 6 heteroatoms. The van der Waals surface area contributed by atoms with Crippen LogP contribution in [-0.2, 0) is 23.8 Å². The van der Waals surface area contributed by atoms with Crippen LogP contribution in [0.5, 0.6) is 0 Å². The first-order valence-electron chi connectivity index (χ1n) is 10.6. The van der Waals surface area contributed by atoms with E-state index in [-0.39, 0.29) is 24.4 Å². The normalized spacial score (nSPS) is 39.5. The molecule has 6 nitrogen and oxygen atoms in total. The number of hydrogen-bond acceptors (Lipinski definition) is 6. The van der Waals surface area contributed by atoms with Gasteiger partial charge >= 0.3 is 0 Å². The van der Waals surface area contributed by atoms with Crippen LogP contribution in [0, 0.1) is 11.8 Å². The second kappa shape index (κ2) is 8.99. The van der Waals surface area contributed by atoms with Gasteiger partial charge in [0.05, 0.1) is 18.3 Å². The van der Waals surface area contributed by atoms with Crippen molar-refractivity contribution in [2.75, 3.05) is 0 Å². The van der Waals surface area contributed by atoms with Crippen molar-refractivity contribution in [1.82, 2.24) is 0 Å². The topological polar surface area (TPSA) is 82.1 Å². The summed E-state index contributed by atoms with van der Waals surface area (Å²) in [5, 5.41) is 9.05. The Kier molecular flexibility index (Phi) is 6.41. The number of ether oxygens (including phenoxy) is 3. The Labute approximate surface area is 165 Å². The number of fused-ring (bicyclic) bond motifs is 2. The summed E-state index contributed by atoms with van der Waals surface area (Å²) in [5.41, 5.74) is 1.71. The van der Waals surface area contributed by atoms with Crippen molar-refractivity contribution in [2.24, 2.45) is 11.8 Å². The highest BCUT2D eigenvalue weighted by Gasteiger charge is 2.40. The van der Waals surface area contributed by atoms with E-state index >= 15 is 0 Å². The third-order valence-corrected chi connectivity index (χ3v) is 6.48. The number of aliphatic hydroxyl groups excluding tert-OH is 1. The van der Waals surface area contributed by atoms with E-state index in [1.807, 2.05) is 6.08 Å². The minimum absolute atomic E-state index is 0.0300. The third kappa shape index (κ3) is 4.62. The Morgan fingerprint density at radius 3 is 2.07 bits per heavy atom. The summed E-state index contributed by atoms with van der Waals surface area (Å²) in [6.45, 7) is 0. The summed E-state index contributed by atoms with van der Waals surface area (Å²) < 4.78 is 17.1. The molecule has 5 rings (SSSR count). The number of aliphatic hydroxyl groups is 1. The summed E-state index contributed by atoms with van der Waals surface area (Å²) >= 11 is 0. The van der Waals surface area contributed by atoms with E-state index in [0.29, 0.717) is 24.9 Å². The van der Waals surface area contributed by atoms with Crippen LogP contribution in [0.25, 0.3) is 0 Å². The fraction of sp³-hybridized carbons (Fsp3) is 0.727. The average molecular weight is 390 g/mol. The smallest absolute Gasteiger partial charge is 0.159 e. The molecule has 0 radical (unpaired) electrons. The summed E-state index contributed by atoms with van der Waals surface area (Å²) in [7, 11) is 0. The van der Waals surface area contributed by atoms with Gasteiger partial charge in [0.1, 0.15) is 12.6 Å². The van der Waals surface area contributed by atoms with E-state index in [1.54, 1.807) is 0 Å². The molecule has 0 bridgehead atoms. The number of carbonyl (C=O) groups is 2. The maximum Gasteiger partial charge on any atom is 0.159 e. The highest BCUT2D eigenvalue weighted by molar-refractivity contribution is 5.74. The lowest BCUT2D eigenvalue weighted by Crippen LogP contribution is -2.24. The van der Waals surface area contributed by atoms with Crippen LogP contribution >= 0.6 is 0 Å². The molecular formula is C22H30O6. The van der Waals surface area contributed by atoms with Crippen molar-refractivity contribution in [1.29, 1.82) is 0 Å². The lowest BCUT2D eigenvalue weighted by Gasteiger charge is -2.25. The number of aldehydes is 2. The minimum atomic E-state index is -0.616. The molecule has 0 aromatic heterocycles. The summed E-state index contributed by atoms with van der Waals surface area (Å²) in [4.78, 5) is 21.0. The van der Waals surface area contributed by atoms with Crippen LogP contribution in [0.15, 0.2) is 23.3 Å². The van der Waals surface area contributed by atoms with Gasteiger partial charge in [-0.3, -0.25) is 9.59 Å². The van der Waals surface area contributed by atoms with Crippen LogP contribution in [0.4, 0.5) is 0 Å². The van der Waals surface area contributed by atoms with Gasteiger partial charge in [-0.15, -0.1) is 0 Å². The summed E-state index contributed by atoms with van der Waals surface area (Å²) in [6.07, 6.45) is 15.1. The number of rotatable bonds is 4. The van der Waals surface area contributed by atoms with Crippen molar-refractivity contribution in [3.8, 4) is 0 Å². The van der Waals surface area contributed by atoms with Gasteiger partial charge in [-0.25, -0.2) is 0 Å². The highest BCUT2D eigenvalue weighted by Crippen LogP contribution is 2.39. The van der Waals surface area contributed by atoms with Crippen molar-refractivity contribution < 1.29 is 28.9 Å². The van der Waals surface area contributed by atoms with Crippen LogP contribution in [-0.4, -0.2) is 48.6 Å². The zero-order chi connectivity index (χ0) is 19.5. The van der Waals surface area contributed by atoms with Gasteiger partial charge in [-0.05, 0) is 24.0 Å². The molecular weight excluding hydrogens is 360 g/mol. The second-order valence-electron chi connectivity index (χ2n) is 8.56. The Balaban J connectivity index is 0.000000151. The molecule has 0 aromatic carbocycles. The van der Waals surface area contributed by atoms with Gasteiger partial charge in [0.15, 0.2) is 12.6 Å². The van der Waals surface area contributed by atoms with Crippen molar-refractivity contribution in [3.05, 3.63) is 23.3 Å². The molecule has 28 heavy (non-hydrogen) atoms. The Morgan fingerprint density at radius 1 is 0.893 bits per heavy atom. The first-order chi connectivity index (χ1) is 13.6. The largest absolute Gasteiger partial charge is 0.368 e. The SMILES string of the molecule is O=CC1=C[C@H]2CC(O)O[C@H]2C1.O=CC1=C[C@H]2CC(OC3CCCCC3)O[C@H]2C1. The van der Waals surface area contributed by atoms with Gasteiger partial charge in [-0.2, -0.15) is 0 Å². The van der Waals surface area contributed by atoms with E-state index in [2.05, 4.69) is 6.08 Å². The molecule has 2 saturated heterocycles. The number of hydrogen-bond donors (Lipinski definition) is 1. The fourth-order valence-electron chi connectivity index (χ4n) is 5.05. The Morgan fingerprint density at radius 2 is 1.50 bits per heavy atom. The lowest BCUT2D eigenvalue weighted by atomic mass is 9.97. The standard InChI is InChI=1S/C14H20O3.C8H10O3/c15-9-10-6-11-8-14(17-13(11)7-10)16-12-4-2-1-3-5-12;9-4-5-1-6-3-8(10)11-7(6)2-5/h6,9,11-14H,1-5,7-8H2;1,4,6-8,10H,2-3H2/t11-,13-,14?;6-,7-,8?/m00/s1. The van der Waals surface area contributed by atoms with Gasteiger partial charge in [0.2, 0.25) is 0 Å². The molecule has 2 aliphatic heterocycles. The molecule has 0 spiro atoms. The molecule has 2 unspecified atom stereocenters. The van der Waals surface area contributed by atoms with E-state index in [1.165, 1.54) is 32.1 Å². The van der Waals surface area contributed by atoms with Crippen LogP contribution in [0.1, 0.15) is 57.8 Å². The van der Waals surface area contributed by atoms with Gasteiger partial charge in [-0.1, -0.05) is 31.4 Å². The lowest BCUT2D eigenvalue weighted by molar-refractivity contribution is -0.167. The maximum absolute atomic E-state index is 10.7. The molecule has 0 amide bonds. The van der Waals surface area contributed by atoms with Crippen LogP contribution in [0.3, 0.4) is 0 Å². The Hall–Kier alpha value is -1.34. The van der Waals surface area contributed by atoms with Crippen LogP contribution in [0.2, 0.25) is 0 Å². The van der Waals surface area contributed by atoms with Crippen LogP contribution < -0.4 is 0 Å². The van der Waals surface area contributed by atoms with E-state index in [0.717, 1.165) is 36.6 Å². The van der Waals surface area contributed by atoms with E-state index < -0.39 is 6.29 Å². The molecule has 1 N–H and O–H groups in total. The Bertz CT molecular complexity index is 635. The average Bonchev–Trinajstić information content (AvgIpc) is 3.41. The molecule has 6 atom stereocenters.